The molecule has 0 aromatic rings. The number of nitrogens with zero attached hydrogens (tertiary/aromatic N) is 4. The number of hydrogen-bond donors (Lipinski definition) is 0. The van der Waals surface area contributed by atoms with Crippen LogP contribution in [0, 0.1) is 47.3 Å². The molecule has 0 N–H and O–H groups in total. The minimum absolute atomic E-state index is 0. The molecule has 0 amide bonds. The van der Waals surface area contributed by atoms with Crippen LogP contribution in [0.2, 0.25) is 0 Å². The van der Waals surface area contributed by atoms with Gasteiger partial charge in [-0.3, -0.25) is 0 Å². The summed E-state index contributed by atoms with van der Waals surface area (Å²) in [5, 5.41) is 25.0. The maximum Gasteiger partial charge on any atom is 2.00 e. The van der Waals surface area contributed by atoms with Gasteiger partial charge in [-0.05, 0) is 0 Å². The molecule has 0 aliphatic heterocycles. The first-order valence-electron chi connectivity index (χ1n) is 0.894. The molecule has 5 heteroatoms. The zero-order valence-electron chi connectivity index (χ0n) is 4.50. The second kappa shape index (κ2) is 191. The monoisotopic (exact) mass is 218 g/mol. The van der Waals surface area contributed by atoms with Crippen LogP contribution in [0.1, 0.15) is 0 Å². The smallest absolute Gasteiger partial charge is 0.512 e. The Morgan fingerprint density at radius 3 is 0.444 bits per heavy atom. The molecule has 0 aliphatic rings. The molecule has 0 saturated heterocycles. The van der Waals surface area contributed by atoms with E-state index in [1.54, 1.807) is 0 Å². The standard InChI is InChI=1S/4CN.Cd/c4*1-2;/q4*-1;+2. The van der Waals surface area contributed by atoms with Crippen molar-refractivity contribution in [3.8, 4) is 0 Å². The third-order valence-electron chi connectivity index (χ3n) is 0. The van der Waals surface area contributed by atoms with Crippen molar-refractivity contribution in [2.24, 2.45) is 0 Å². The van der Waals surface area contributed by atoms with Crippen LogP contribution in [0.3, 0.4) is 0 Å². The van der Waals surface area contributed by atoms with Gasteiger partial charge in [0.1, 0.15) is 0 Å². The van der Waals surface area contributed by atoms with Crippen LogP contribution in [0.5, 0.6) is 0 Å². The maximum atomic E-state index is 6.25. The fraction of sp³-hybridized carbons (Fsp3) is 0. The van der Waals surface area contributed by atoms with E-state index in [0.29, 0.717) is 0 Å². The predicted octanol–water partition coefficient (Wildman–Crippen LogP) is 0.383. The van der Waals surface area contributed by atoms with Crippen LogP contribution in [-0.4, -0.2) is 0 Å². The van der Waals surface area contributed by atoms with Crippen molar-refractivity contribution in [2.75, 3.05) is 0 Å². The fourth-order valence-electron chi connectivity index (χ4n) is 0. The van der Waals surface area contributed by atoms with Crippen molar-refractivity contribution >= 4 is 0 Å². The quantitative estimate of drug-likeness (QED) is 0.432. The van der Waals surface area contributed by atoms with Gasteiger partial charge in [-0.2, -0.15) is 0 Å². The summed E-state index contributed by atoms with van der Waals surface area (Å²) in [5.74, 6) is 0. The van der Waals surface area contributed by atoms with Crippen LogP contribution in [0.15, 0.2) is 0 Å². The van der Waals surface area contributed by atoms with Crippen LogP contribution in [0.4, 0.5) is 0 Å². The Balaban J connectivity index is -0.00000000762. The summed E-state index contributed by atoms with van der Waals surface area (Å²) in [6, 6.07) is 0. The summed E-state index contributed by atoms with van der Waals surface area (Å²) < 4.78 is 0. The van der Waals surface area contributed by atoms with Gasteiger partial charge in [-0.25, -0.2) is 0 Å². The Morgan fingerprint density at radius 2 is 0.444 bits per heavy atom. The van der Waals surface area contributed by atoms with Gasteiger partial charge >= 0.3 is 27.3 Å². The summed E-state index contributed by atoms with van der Waals surface area (Å²) in [4.78, 5) is 0. The molecule has 0 radical (unpaired) electrons. The van der Waals surface area contributed by atoms with Gasteiger partial charge in [0.25, 0.3) is 0 Å². The summed E-state index contributed by atoms with van der Waals surface area (Å²) in [6.07, 6.45) is 0. The molecule has 0 unspecified atom stereocenters. The molecule has 0 bridgehead atoms. The van der Waals surface area contributed by atoms with E-state index >= 15 is 0 Å². The summed E-state index contributed by atoms with van der Waals surface area (Å²) >= 11 is 0. The molecule has 0 saturated carbocycles. The van der Waals surface area contributed by atoms with Crippen molar-refractivity contribution in [3.63, 3.8) is 0 Å². The molecule has 9 heavy (non-hydrogen) atoms. The third kappa shape index (κ3) is 131. The van der Waals surface area contributed by atoms with E-state index in [2.05, 4.69) is 0 Å². The van der Waals surface area contributed by atoms with Gasteiger partial charge < -0.3 is 47.3 Å². The number of hydrogen-bond acceptors (Lipinski definition) is 4. The average Bonchev–Trinajstić information content (AvgIpc) is 2.03. The van der Waals surface area contributed by atoms with Gasteiger partial charge in [0, 0.05) is 0 Å². The molecule has 0 aromatic heterocycles. The van der Waals surface area contributed by atoms with Crippen molar-refractivity contribution < 1.29 is 27.3 Å². The molecule has 40 valence electrons. The molecule has 0 heterocycles. The fourth-order valence-corrected chi connectivity index (χ4v) is 0. The first-order valence-corrected chi connectivity index (χ1v) is 0.894. The van der Waals surface area contributed by atoms with Gasteiger partial charge in [0.2, 0.25) is 0 Å². The zero-order chi connectivity index (χ0) is 8.00. The topological polar surface area (TPSA) is 95.2 Å². The average molecular weight is 216 g/mol. The molecule has 0 aliphatic carbocycles. The Hall–Kier alpha value is -1.12. The maximum absolute atomic E-state index is 6.25. The Kier molecular flexibility index (Phi) is 951. The molecule has 4 nitrogen and oxygen atoms in total. The van der Waals surface area contributed by atoms with E-state index in [0.717, 1.165) is 0 Å². The van der Waals surface area contributed by atoms with Crippen molar-refractivity contribution in [3.05, 3.63) is 26.3 Å². The molecule has 0 rings (SSSR count). The second-order valence-electron chi connectivity index (χ2n) is 0. The van der Waals surface area contributed by atoms with E-state index in [1.165, 1.54) is 0 Å². The minimum Gasteiger partial charge on any atom is -0.512 e. The third-order valence-corrected chi connectivity index (χ3v) is 0. The summed E-state index contributed by atoms with van der Waals surface area (Å²) in [6.45, 7) is 19.0. The van der Waals surface area contributed by atoms with E-state index < -0.39 is 0 Å². The van der Waals surface area contributed by atoms with Gasteiger partial charge in [-0.15, -0.1) is 0 Å². The SMILES string of the molecule is [C-]#N.[C-]#N.[C-]#N.[C-]#N.[Cd+2]. The first-order chi connectivity index (χ1) is 4.00. The van der Waals surface area contributed by atoms with Gasteiger partial charge in [0.05, 0.1) is 0 Å². The van der Waals surface area contributed by atoms with Gasteiger partial charge in [-0.1, -0.05) is 0 Å². The first kappa shape index (κ1) is 44.9. The molecule has 0 fully saturated rings. The Bertz CT molecular complexity index is 55.5. The van der Waals surface area contributed by atoms with E-state index in [9.17, 15) is 0 Å². The molecule has 0 aromatic carbocycles. The summed E-state index contributed by atoms with van der Waals surface area (Å²) in [7, 11) is 0. The Labute approximate surface area is 74.7 Å². The summed E-state index contributed by atoms with van der Waals surface area (Å²) in [5.41, 5.74) is 0. The molecule has 0 spiro atoms. The van der Waals surface area contributed by atoms with E-state index in [4.69, 9.17) is 47.3 Å². The van der Waals surface area contributed by atoms with Crippen LogP contribution in [-0.2, 0) is 27.3 Å². The Morgan fingerprint density at radius 1 is 0.444 bits per heavy atom. The second-order valence-corrected chi connectivity index (χ2v) is 0. The normalized spacial score (nSPS) is 0.889. The van der Waals surface area contributed by atoms with Crippen LogP contribution >= 0.6 is 0 Å². The molecule has 0 atom stereocenters. The largest absolute Gasteiger partial charge is 2.00 e. The number of rotatable bonds is 0. The zero-order valence-corrected chi connectivity index (χ0v) is 8.53. The van der Waals surface area contributed by atoms with Crippen LogP contribution in [0.25, 0.3) is 0 Å². The van der Waals surface area contributed by atoms with Gasteiger partial charge in [0.15, 0.2) is 0 Å². The molecular formula is C4CdN4-2. The predicted molar refractivity (Wildman–Crippen MR) is 19.9 cm³/mol. The molecular weight excluding hydrogens is 216 g/mol. The van der Waals surface area contributed by atoms with Crippen molar-refractivity contribution in [1.82, 2.24) is 0 Å². The van der Waals surface area contributed by atoms with Crippen molar-refractivity contribution in [1.29, 1.82) is 21.0 Å². The van der Waals surface area contributed by atoms with Crippen molar-refractivity contribution in [2.45, 2.75) is 0 Å². The minimum atomic E-state index is 0. The van der Waals surface area contributed by atoms with E-state index in [1.807, 2.05) is 0 Å². The van der Waals surface area contributed by atoms with Crippen LogP contribution < -0.4 is 0 Å². The van der Waals surface area contributed by atoms with E-state index in [-0.39, 0.29) is 27.3 Å².